The molecular formula is C15H26ClN3. The largest absolute Gasteiger partial charge is 0.320 e. The Morgan fingerprint density at radius 2 is 2.05 bits per heavy atom. The fourth-order valence-electron chi connectivity index (χ4n) is 2.60. The van der Waals surface area contributed by atoms with Gasteiger partial charge in [-0.15, -0.1) is 12.4 Å². The van der Waals surface area contributed by atoms with Crippen LogP contribution in [0.25, 0.3) is 0 Å². The molecule has 1 aliphatic heterocycles. The van der Waals surface area contributed by atoms with Crippen molar-refractivity contribution in [2.45, 2.75) is 32.7 Å². The van der Waals surface area contributed by atoms with Crippen LogP contribution in [0.5, 0.6) is 0 Å². The lowest BCUT2D eigenvalue weighted by Crippen LogP contribution is -2.34. The number of rotatable bonds is 5. The minimum absolute atomic E-state index is 0. The maximum atomic E-state index is 4.49. The van der Waals surface area contributed by atoms with E-state index in [9.17, 15) is 0 Å². The smallest absolute Gasteiger partial charge is 0.0544 e. The van der Waals surface area contributed by atoms with Gasteiger partial charge in [0, 0.05) is 12.7 Å². The van der Waals surface area contributed by atoms with Crippen molar-refractivity contribution in [1.82, 2.24) is 15.2 Å². The van der Waals surface area contributed by atoms with Crippen molar-refractivity contribution in [2.24, 2.45) is 5.92 Å². The molecule has 19 heavy (non-hydrogen) atoms. The summed E-state index contributed by atoms with van der Waals surface area (Å²) in [5.41, 5.74) is 2.44. The highest BCUT2D eigenvalue weighted by Gasteiger charge is 2.18. The Morgan fingerprint density at radius 3 is 2.63 bits per heavy atom. The number of hydrogen-bond donors (Lipinski definition) is 1. The van der Waals surface area contributed by atoms with Gasteiger partial charge in [-0.25, -0.2) is 0 Å². The van der Waals surface area contributed by atoms with E-state index in [1.54, 1.807) is 0 Å². The van der Waals surface area contributed by atoms with Crippen molar-refractivity contribution in [3.63, 3.8) is 0 Å². The molecular weight excluding hydrogens is 258 g/mol. The van der Waals surface area contributed by atoms with Crippen LogP contribution in [0, 0.1) is 12.8 Å². The lowest BCUT2D eigenvalue weighted by molar-refractivity contribution is 0.171. The second-order valence-corrected chi connectivity index (χ2v) is 5.44. The molecule has 2 heterocycles. The van der Waals surface area contributed by atoms with Crippen molar-refractivity contribution in [3.8, 4) is 0 Å². The molecule has 1 saturated heterocycles. The predicted molar refractivity (Wildman–Crippen MR) is 82.8 cm³/mol. The molecule has 0 amide bonds. The average molecular weight is 284 g/mol. The summed E-state index contributed by atoms with van der Waals surface area (Å²) in [5.74, 6) is 0.916. The van der Waals surface area contributed by atoms with E-state index in [1.807, 2.05) is 13.2 Å². The summed E-state index contributed by atoms with van der Waals surface area (Å²) in [6.07, 6.45) is 5.98. The van der Waals surface area contributed by atoms with E-state index < -0.39 is 0 Å². The fourth-order valence-corrected chi connectivity index (χ4v) is 2.60. The van der Waals surface area contributed by atoms with E-state index >= 15 is 0 Å². The molecule has 2 rings (SSSR count). The summed E-state index contributed by atoms with van der Waals surface area (Å²) in [6, 6.07) is 4.31. The van der Waals surface area contributed by atoms with Gasteiger partial charge >= 0.3 is 0 Å². The van der Waals surface area contributed by atoms with Crippen LogP contribution in [0.4, 0.5) is 0 Å². The van der Waals surface area contributed by atoms with Gasteiger partial charge in [0.15, 0.2) is 0 Å². The number of aryl methyl sites for hydroxylation is 1. The highest BCUT2D eigenvalue weighted by Crippen LogP contribution is 2.21. The summed E-state index contributed by atoms with van der Waals surface area (Å²) in [4.78, 5) is 7.02. The van der Waals surface area contributed by atoms with Gasteiger partial charge in [-0.2, -0.15) is 0 Å². The molecule has 0 atom stereocenters. The van der Waals surface area contributed by atoms with Gasteiger partial charge in [-0.05, 0) is 70.4 Å². The van der Waals surface area contributed by atoms with Gasteiger partial charge in [0.2, 0.25) is 0 Å². The number of halogens is 1. The first-order valence-corrected chi connectivity index (χ1v) is 7.06. The van der Waals surface area contributed by atoms with Crippen molar-refractivity contribution in [3.05, 3.63) is 29.6 Å². The van der Waals surface area contributed by atoms with Crippen molar-refractivity contribution >= 4 is 12.4 Å². The van der Waals surface area contributed by atoms with E-state index in [0.717, 1.165) is 19.0 Å². The number of likely N-dealkylation sites (tertiary alicyclic amines) is 1. The maximum Gasteiger partial charge on any atom is 0.0544 e. The highest BCUT2D eigenvalue weighted by molar-refractivity contribution is 5.85. The topological polar surface area (TPSA) is 28.2 Å². The second-order valence-electron chi connectivity index (χ2n) is 5.44. The first kappa shape index (κ1) is 16.4. The minimum atomic E-state index is 0. The van der Waals surface area contributed by atoms with E-state index in [0.29, 0.717) is 0 Å². The Balaban J connectivity index is 0.00000180. The lowest BCUT2D eigenvalue weighted by atomic mass is 9.93. The molecule has 0 saturated carbocycles. The fraction of sp³-hybridized carbons (Fsp3) is 0.667. The van der Waals surface area contributed by atoms with E-state index in [1.165, 1.54) is 43.6 Å². The zero-order chi connectivity index (χ0) is 12.8. The van der Waals surface area contributed by atoms with Crippen molar-refractivity contribution in [1.29, 1.82) is 0 Å². The quantitative estimate of drug-likeness (QED) is 0.900. The van der Waals surface area contributed by atoms with Crippen molar-refractivity contribution in [2.75, 3.05) is 26.7 Å². The SMILES string of the molecule is CNCCC1CCN(Cc2ccc(C)cn2)CC1.Cl. The molecule has 1 aromatic rings. The summed E-state index contributed by atoms with van der Waals surface area (Å²) in [5, 5.41) is 3.25. The highest BCUT2D eigenvalue weighted by atomic mass is 35.5. The second kappa shape index (κ2) is 8.51. The van der Waals surface area contributed by atoms with Gasteiger partial charge in [-0.1, -0.05) is 6.07 Å². The Kier molecular flexibility index (Phi) is 7.36. The van der Waals surface area contributed by atoms with Gasteiger partial charge in [0.1, 0.15) is 0 Å². The third kappa shape index (κ3) is 5.47. The molecule has 0 bridgehead atoms. The summed E-state index contributed by atoms with van der Waals surface area (Å²) < 4.78 is 0. The Morgan fingerprint density at radius 1 is 1.32 bits per heavy atom. The van der Waals surface area contributed by atoms with Crippen molar-refractivity contribution < 1.29 is 0 Å². The van der Waals surface area contributed by atoms with Crippen LogP contribution in [0.3, 0.4) is 0 Å². The Bertz CT molecular complexity index is 345. The number of pyridine rings is 1. The van der Waals surface area contributed by atoms with Crippen LogP contribution in [0.2, 0.25) is 0 Å². The zero-order valence-corrected chi connectivity index (χ0v) is 12.9. The van der Waals surface area contributed by atoms with Crippen LogP contribution in [0.15, 0.2) is 18.3 Å². The third-order valence-corrected chi connectivity index (χ3v) is 3.87. The molecule has 1 fully saturated rings. The van der Waals surface area contributed by atoms with Gasteiger partial charge in [-0.3, -0.25) is 9.88 Å². The molecule has 0 unspecified atom stereocenters. The van der Waals surface area contributed by atoms with Gasteiger partial charge in [0.05, 0.1) is 5.69 Å². The molecule has 0 radical (unpaired) electrons. The molecule has 1 aromatic heterocycles. The van der Waals surface area contributed by atoms with Crippen LogP contribution in [0.1, 0.15) is 30.5 Å². The summed E-state index contributed by atoms with van der Waals surface area (Å²) >= 11 is 0. The molecule has 1 N–H and O–H groups in total. The van der Waals surface area contributed by atoms with E-state index in [2.05, 4.69) is 34.3 Å². The van der Waals surface area contributed by atoms with Crippen LogP contribution < -0.4 is 5.32 Å². The lowest BCUT2D eigenvalue weighted by Gasteiger charge is -2.31. The summed E-state index contributed by atoms with van der Waals surface area (Å²) in [6.45, 7) is 6.71. The van der Waals surface area contributed by atoms with Crippen LogP contribution in [-0.4, -0.2) is 36.6 Å². The first-order chi connectivity index (χ1) is 8.78. The zero-order valence-electron chi connectivity index (χ0n) is 12.1. The number of nitrogens with one attached hydrogen (secondary N) is 1. The van der Waals surface area contributed by atoms with Crippen LogP contribution in [-0.2, 0) is 6.54 Å². The Labute approximate surface area is 123 Å². The maximum absolute atomic E-state index is 4.49. The third-order valence-electron chi connectivity index (χ3n) is 3.87. The molecule has 108 valence electrons. The standard InChI is InChI=1S/C15H25N3.ClH/c1-13-3-4-15(17-11-13)12-18-9-6-14(7-10-18)5-8-16-2;/h3-4,11,14,16H,5-10,12H2,1-2H3;1H. The van der Waals surface area contributed by atoms with Gasteiger partial charge in [0.25, 0.3) is 0 Å². The van der Waals surface area contributed by atoms with E-state index in [4.69, 9.17) is 0 Å². The normalized spacial score (nSPS) is 17.2. The minimum Gasteiger partial charge on any atom is -0.320 e. The number of piperidine rings is 1. The average Bonchev–Trinajstić information content (AvgIpc) is 2.41. The Hall–Kier alpha value is -0.640. The summed E-state index contributed by atoms with van der Waals surface area (Å²) in [7, 11) is 2.04. The molecule has 0 aromatic carbocycles. The monoisotopic (exact) mass is 283 g/mol. The van der Waals surface area contributed by atoms with E-state index in [-0.39, 0.29) is 12.4 Å². The predicted octanol–water partition coefficient (Wildman–Crippen LogP) is 2.63. The van der Waals surface area contributed by atoms with Gasteiger partial charge < -0.3 is 5.32 Å². The van der Waals surface area contributed by atoms with Crippen LogP contribution >= 0.6 is 12.4 Å². The number of aromatic nitrogens is 1. The molecule has 1 aliphatic rings. The molecule has 4 heteroatoms. The molecule has 0 spiro atoms. The first-order valence-electron chi connectivity index (χ1n) is 7.06. The molecule has 3 nitrogen and oxygen atoms in total. The number of nitrogens with zero attached hydrogens (tertiary/aromatic N) is 2. The number of hydrogen-bond acceptors (Lipinski definition) is 3. The molecule has 0 aliphatic carbocycles.